The fourth-order valence-corrected chi connectivity index (χ4v) is 1.17. The smallest absolute Gasteiger partial charge is 0.250 e. The van der Waals surface area contributed by atoms with Gasteiger partial charge in [-0.3, -0.25) is 4.79 Å². The van der Waals surface area contributed by atoms with E-state index in [1.165, 1.54) is 4.90 Å². The maximum Gasteiger partial charge on any atom is 0.250 e. The van der Waals surface area contributed by atoms with Crippen molar-refractivity contribution in [2.75, 3.05) is 11.9 Å². The molecule has 0 aromatic heterocycles. The maximum absolute atomic E-state index is 11.6. The summed E-state index contributed by atoms with van der Waals surface area (Å²) in [4.78, 5) is 13.1. The van der Waals surface area contributed by atoms with Gasteiger partial charge in [-0.25, -0.2) is 0 Å². The van der Waals surface area contributed by atoms with Crippen LogP contribution in [0.3, 0.4) is 0 Å². The first-order valence-corrected chi connectivity index (χ1v) is 4.72. The zero-order valence-corrected chi connectivity index (χ0v) is 9.19. The second-order valence-corrected chi connectivity index (χ2v) is 3.64. The van der Waals surface area contributed by atoms with Gasteiger partial charge in [-0.1, -0.05) is 11.6 Å². The Bertz CT molecular complexity index is 392. The minimum Gasteiger partial charge on any atom is -0.508 e. The van der Waals surface area contributed by atoms with Crippen molar-refractivity contribution in [3.8, 4) is 5.75 Å². The molecular formula is C12H15NO2. The number of hydrogen-bond acceptors (Lipinski definition) is 2. The fraction of sp³-hybridized carbons (Fsp3) is 0.250. The minimum atomic E-state index is -0.0967. The molecule has 0 fully saturated rings. The van der Waals surface area contributed by atoms with Gasteiger partial charge in [0, 0.05) is 24.9 Å². The third-order valence-electron chi connectivity index (χ3n) is 1.96. The van der Waals surface area contributed by atoms with Gasteiger partial charge in [0.2, 0.25) is 0 Å². The number of anilines is 1. The Kier molecular flexibility index (Phi) is 3.50. The van der Waals surface area contributed by atoms with E-state index >= 15 is 0 Å². The molecule has 15 heavy (non-hydrogen) atoms. The fourth-order valence-electron chi connectivity index (χ4n) is 1.17. The number of likely N-dealkylation sites (N-methyl/N-ethyl adjacent to an activating group) is 1. The van der Waals surface area contributed by atoms with Crippen molar-refractivity contribution in [1.29, 1.82) is 0 Å². The third-order valence-corrected chi connectivity index (χ3v) is 1.96. The molecule has 80 valence electrons. The standard InChI is InChI=1S/C12H15NO2/c1-9(2)7-12(15)13(3)10-5-4-6-11(14)8-10/h4-8,14H,1-3H3. The van der Waals surface area contributed by atoms with Crippen molar-refractivity contribution in [3.05, 3.63) is 35.9 Å². The Morgan fingerprint density at radius 2 is 2.07 bits per heavy atom. The van der Waals surface area contributed by atoms with Crippen LogP contribution >= 0.6 is 0 Å². The van der Waals surface area contributed by atoms with Gasteiger partial charge < -0.3 is 10.0 Å². The summed E-state index contributed by atoms with van der Waals surface area (Å²) in [5, 5.41) is 9.27. The number of rotatable bonds is 2. The first-order chi connectivity index (χ1) is 7.00. The average molecular weight is 205 g/mol. The van der Waals surface area contributed by atoms with E-state index in [9.17, 15) is 9.90 Å². The van der Waals surface area contributed by atoms with E-state index in [0.29, 0.717) is 5.69 Å². The summed E-state index contributed by atoms with van der Waals surface area (Å²) >= 11 is 0. The van der Waals surface area contributed by atoms with Crippen LogP contribution in [0.25, 0.3) is 0 Å². The lowest BCUT2D eigenvalue weighted by Crippen LogP contribution is -2.24. The van der Waals surface area contributed by atoms with Gasteiger partial charge >= 0.3 is 0 Å². The van der Waals surface area contributed by atoms with Crippen molar-refractivity contribution >= 4 is 11.6 Å². The number of amides is 1. The highest BCUT2D eigenvalue weighted by molar-refractivity contribution is 6.01. The Morgan fingerprint density at radius 1 is 1.40 bits per heavy atom. The molecule has 0 saturated carbocycles. The van der Waals surface area contributed by atoms with Gasteiger partial charge in [0.15, 0.2) is 0 Å². The van der Waals surface area contributed by atoms with Crippen LogP contribution in [0, 0.1) is 0 Å². The average Bonchev–Trinajstić information content (AvgIpc) is 2.15. The quantitative estimate of drug-likeness (QED) is 0.753. The molecule has 1 rings (SSSR count). The Labute approximate surface area is 89.6 Å². The van der Waals surface area contributed by atoms with E-state index in [-0.39, 0.29) is 11.7 Å². The molecule has 0 spiro atoms. The summed E-state index contributed by atoms with van der Waals surface area (Å²) in [7, 11) is 1.68. The summed E-state index contributed by atoms with van der Waals surface area (Å²) in [6.45, 7) is 3.74. The van der Waals surface area contributed by atoms with Crippen LogP contribution in [0.15, 0.2) is 35.9 Å². The van der Waals surface area contributed by atoms with Crippen molar-refractivity contribution in [1.82, 2.24) is 0 Å². The monoisotopic (exact) mass is 205 g/mol. The molecule has 3 heteroatoms. The number of hydrogen-bond donors (Lipinski definition) is 1. The van der Waals surface area contributed by atoms with Crippen LogP contribution in [0.1, 0.15) is 13.8 Å². The highest BCUT2D eigenvalue weighted by Crippen LogP contribution is 2.19. The Morgan fingerprint density at radius 3 is 2.60 bits per heavy atom. The first-order valence-electron chi connectivity index (χ1n) is 4.72. The van der Waals surface area contributed by atoms with Crippen LogP contribution in [0.5, 0.6) is 5.75 Å². The van der Waals surface area contributed by atoms with Gasteiger partial charge in [0.1, 0.15) is 5.75 Å². The van der Waals surface area contributed by atoms with E-state index in [0.717, 1.165) is 5.57 Å². The van der Waals surface area contributed by atoms with E-state index in [4.69, 9.17) is 0 Å². The van der Waals surface area contributed by atoms with Crippen LogP contribution in [0.2, 0.25) is 0 Å². The molecule has 0 unspecified atom stereocenters. The molecule has 0 saturated heterocycles. The molecule has 1 N–H and O–H groups in total. The zero-order valence-electron chi connectivity index (χ0n) is 9.19. The summed E-state index contributed by atoms with van der Waals surface area (Å²) in [6.07, 6.45) is 1.56. The van der Waals surface area contributed by atoms with Crippen LogP contribution < -0.4 is 4.90 Å². The number of nitrogens with zero attached hydrogens (tertiary/aromatic N) is 1. The Hall–Kier alpha value is -1.77. The van der Waals surface area contributed by atoms with Crippen LogP contribution in [-0.2, 0) is 4.79 Å². The number of allylic oxidation sites excluding steroid dienone is 1. The predicted octanol–water partition coefficient (Wildman–Crippen LogP) is 2.32. The van der Waals surface area contributed by atoms with Gasteiger partial charge in [-0.15, -0.1) is 0 Å². The van der Waals surface area contributed by atoms with Crippen molar-refractivity contribution < 1.29 is 9.90 Å². The van der Waals surface area contributed by atoms with Gasteiger partial charge in [0.05, 0.1) is 0 Å². The number of carbonyl (C=O) groups is 1. The van der Waals surface area contributed by atoms with Crippen molar-refractivity contribution in [3.63, 3.8) is 0 Å². The summed E-state index contributed by atoms with van der Waals surface area (Å²) in [6, 6.07) is 6.60. The molecule has 1 aromatic carbocycles. The number of aromatic hydroxyl groups is 1. The van der Waals surface area contributed by atoms with E-state index in [2.05, 4.69) is 0 Å². The lowest BCUT2D eigenvalue weighted by Gasteiger charge is -2.15. The SMILES string of the molecule is CC(C)=CC(=O)N(C)c1cccc(O)c1. The molecule has 0 atom stereocenters. The maximum atomic E-state index is 11.6. The molecule has 3 nitrogen and oxygen atoms in total. The van der Waals surface area contributed by atoms with Crippen LogP contribution in [-0.4, -0.2) is 18.1 Å². The first kappa shape index (κ1) is 11.3. The van der Waals surface area contributed by atoms with E-state index in [1.54, 1.807) is 37.4 Å². The lowest BCUT2D eigenvalue weighted by molar-refractivity contribution is -0.113. The third kappa shape index (κ3) is 3.13. The normalized spacial score (nSPS) is 9.53. The molecule has 0 bridgehead atoms. The largest absolute Gasteiger partial charge is 0.508 e. The van der Waals surface area contributed by atoms with Gasteiger partial charge in [-0.05, 0) is 26.0 Å². The van der Waals surface area contributed by atoms with Crippen LogP contribution in [0.4, 0.5) is 5.69 Å². The molecule has 1 amide bonds. The minimum absolute atomic E-state index is 0.0967. The summed E-state index contributed by atoms with van der Waals surface area (Å²) in [5.41, 5.74) is 1.63. The van der Waals surface area contributed by atoms with Crippen molar-refractivity contribution in [2.24, 2.45) is 0 Å². The summed E-state index contributed by atoms with van der Waals surface area (Å²) in [5.74, 6) is 0.0601. The van der Waals surface area contributed by atoms with E-state index in [1.807, 2.05) is 13.8 Å². The number of carbonyl (C=O) groups excluding carboxylic acids is 1. The van der Waals surface area contributed by atoms with Gasteiger partial charge in [-0.2, -0.15) is 0 Å². The second-order valence-electron chi connectivity index (χ2n) is 3.64. The topological polar surface area (TPSA) is 40.5 Å². The second kappa shape index (κ2) is 4.64. The Balaban J connectivity index is 2.90. The zero-order chi connectivity index (χ0) is 11.4. The molecular weight excluding hydrogens is 190 g/mol. The van der Waals surface area contributed by atoms with Gasteiger partial charge in [0.25, 0.3) is 5.91 Å². The molecule has 0 aliphatic carbocycles. The van der Waals surface area contributed by atoms with Crippen molar-refractivity contribution in [2.45, 2.75) is 13.8 Å². The molecule has 0 aliphatic heterocycles. The highest BCUT2D eigenvalue weighted by Gasteiger charge is 2.07. The lowest BCUT2D eigenvalue weighted by atomic mass is 10.2. The number of benzene rings is 1. The number of phenols is 1. The highest BCUT2D eigenvalue weighted by atomic mass is 16.3. The molecule has 0 heterocycles. The molecule has 1 aromatic rings. The summed E-state index contributed by atoms with van der Waals surface area (Å²) < 4.78 is 0. The van der Waals surface area contributed by atoms with E-state index < -0.39 is 0 Å². The number of phenolic OH excluding ortho intramolecular Hbond substituents is 1. The predicted molar refractivity (Wildman–Crippen MR) is 60.9 cm³/mol. The molecule has 0 aliphatic rings. The molecule has 0 radical (unpaired) electrons.